The molecule has 4 rings (SSSR count). The normalized spacial score (nSPS) is 23.0. The molecule has 2 fully saturated rings. The third-order valence-electron chi connectivity index (χ3n) is 5.30. The summed E-state index contributed by atoms with van der Waals surface area (Å²) in [7, 11) is 1.87. The molecule has 1 saturated heterocycles. The lowest BCUT2D eigenvalue weighted by Crippen LogP contribution is -2.53. The fourth-order valence-electron chi connectivity index (χ4n) is 3.71. The van der Waals surface area contributed by atoms with Crippen LogP contribution in [-0.4, -0.2) is 60.6 Å². The van der Waals surface area contributed by atoms with Gasteiger partial charge in [0.2, 0.25) is 5.95 Å². The number of aromatic nitrogens is 2. The highest BCUT2D eigenvalue weighted by atomic mass is 15.4. The molecule has 2 atom stereocenters. The lowest BCUT2D eigenvalue weighted by molar-refractivity contribution is 0.369. The zero-order chi connectivity index (χ0) is 17.8. The number of hydrogen-bond donors (Lipinski definition) is 1. The third kappa shape index (κ3) is 3.79. The van der Waals surface area contributed by atoms with Gasteiger partial charge in [0.15, 0.2) is 5.96 Å². The SMILES string of the molecule is CN=C(NCC1CC1c1ccccc1)N1CCN(c2ncccn2)CC1. The molecule has 1 N–H and O–H groups in total. The van der Waals surface area contributed by atoms with E-state index >= 15 is 0 Å². The van der Waals surface area contributed by atoms with Gasteiger partial charge in [0.1, 0.15) is 0 Å². The fourth-order valence-corrected chi connectivity index (χ4v) is 3.71. The van der Waals surface area contributed by atoms with Crippen LogP contribution in [-0.2, 0) is 0 Å². The molecule has 2 aromatic rings. The summed E-state index contributed by atoms with van der Waals surface area (Å²) in [5, 5.41) is 3.58. The van der Waals surface area contributed by atoms with Crippen molar-refractivity contribution in [3.63, 3.8) is 0 Å². The van der Waals surface area contributed by atoms with Crippen LogP contribution in [0.15, 0.2) is 53.8 Å². The van der Waals surface area contributed by atoms with Crippen molar-refractivity contribution in [1.29, 1.82) is 0 Å². The first-order valence-corrected chi connectivity index (χ1v) is 9.37. The van der Waals surface area contributed by atoms with Crippen LogP contribution in [0.2, 0.25) is 0 Å². The Morgan fingerprint density at radius 1 is 1.08 bits per heavy atom. The number of rotatable bonds is 4. The molecular weight excluding hydrogens is 324 g/mol. The summed E-state index contributed by atoms with van der Waals surface area (Å²) in [5.74, 6) is 3.25. The Hall–Kier alpha value is -2.63. The standard InChI is InChI=1S/C20H26N6/c1-21-19(24-15-17-14-18(17)16-6-3-2-4-7-16)25-10-12-26(13-11-25)20-22-8-5-9-23-20/h2-9,17-18H,10-15H2,1H3,(H,21,24). The summed E-state index contributed by atoms with van der Waals surface area (Å²) >= 11 is 0. The van der Waals surface area contributed by atoms with Crippen LogP contribution in [0.4, 0.5) is 5.95 Å². The number of guanidine groups is 1. The summed E-state index contributed by atoms with van der Waals surface area (Å²) in [6.45, 7) is 4.70. The predicted molar refractivity (Wildman–Crippen MR) is 104 cm³/mol. The maximum atomic E-state index is 4.49. The molecule has 0 bridgehead atoms. The summed E-state index contributed by atoms with van der Waals surface area (Å²) in [5.41, 5.74) is 1.46. The van der Waals surface area contributed by atoms with E-state index in [4.69, 9.17) is 0 Å². The van der Waals surface area contributed by atoms with Gasteiger partial charge in [-0.25, -0.2) is 9.97 Å². The van der Waals surface area contributed by atoms with Gasteiger partial charge in [-0.05, 0) is 29.9 Å². The average molecular weight is 350 g/mol. The van der Waals surface area contributed by atoms with E-state index in [1.807, 2.05) is 13.1 Å². The van der Waals surface area contributed by atoms with E-state index in [1.165, 1.54) is 12.0 Å². The van der Waals surface area contributed by atoms with Crippen molar-refractivity contribution in [3.05, 3.63) is 54.4 Å². The minimum Gasteiger partial charge on any atom is -0.356 e. The molecular formula is C20H26N6. The van der Waals surface area contributed by atoms with Gasteiger partial charge >= 0.3 is 0 Å². The molecule has 1 aromatic carbocycles. The van der Waals surface area contributed by atoms with Crippen molar-refractivity contribution in [2.75, 3.05) is 44.7 Å². The molecule has 1 aliphatic heterocycles. The molecule has 1 saturated carbocycles. The van der Waals surface area contributed by atoms with Crippen LogP contribution in [0.1, 0.15) is 17.9 Å². The van der Waals surface area contributed by atoms with E-state index < -0.39 is 0 Å². The van der Waals surface area contributed by atoms with Crippen molar-refractivity contribution in [2.45, 2.75) is 12.3 Å². The van der Waals surface area contributed by atoms with Gasteiger partial charge in [-0.3, -0.25) is 4.99 Å². The highest BCUT2D eigenvalue weighted by Gasteiger charge is 2.38. The smallest absolute Gasteiger partial charge is 0.225 e. The van der Waals surface area contributed by atoms with Crippen molar-refractivity contribution < 1.29 is 0 Å². The number of aliphatic imine (C=N–C) groups is 1. The fraction of sp³-hybridized carbons (Fsp3) is 0.450. The number of benzene rings is 1. The van der Waals surface area contributed by atoms with Crippen LogP contribution >= 0.6 is 0 Å². The molecule has 0 spiro atoms. The minimum absolute atomic E-state index is 0.703. The van der Waals surface area contributed by atoms with Crippen LogP contribution in [0, 0.1) is 5.92 Å². The van der Waals surface area contributed by atoms with Crippen molar-refractivity contribution in [1.82, 2.24) is 20.2 Å². The lowest BCUT2D eigenvalue weighted by Gasteiger charge is -2.36. The monoisotopic (exact) mass is 350 g/mol. The second-order valence-electron chi connectivity index (χ2n) is 6.96. The molecule has 2 heterocycles. The van der Waals surface area contributed by atoms with Gasteiger partial charge in [0.25, 0.3) is 0 Å². The van der Waals surface area contributed by atoms with Crippen LogP contribution in [0.5, 0.6) is 0 Å². The summed E-state index contributed by atoms with van der Waals surface area (Å²) < 4.78 is 0. The lowest BCUT2D eigenvalue weighted by atomic mass is 10.1. The Morgan fingerprint density at radius 2 is 1.81 bits per heavy atom. The molecule has 136 valence electrons. The molecule has 1 aromatic heterocycles. The Bertz CT molecular complexity index is 724. The number of nitrogens with zero attached hydrogens (tertiary/aromatic N) is 5. The first-order valence-electron chi connectivity index (χ1n) is 9.37. The maximum absolute atomic E-state index is 4.49. The van der Waals surface area contributed by atoms with E-state index in [2.05, 4.69) is 60.4 Å². The second kappa shape index (κ2) is 7.72. The van der Waals surface area contributed by atoms with Crippen LogP contribution < -0.4 is 10.2 Å². The Labute approximate surface area is 155 Å². The average Bonchev–Trinajstić information content (AvgIpc) is 3.50. The zero-order valence-electron chi connectivity index (χ0n) is 15.3. The number of hydrogen-bond acceptors (Lipinski definition) is 4. The van der Waals surface area contributed by atoms with Gasteiger partial charge in [-0.1, -0.05) is 30.3 Å². The predicted octanol–water partition coefficient (Wildman–Crippen LogP) is 1.98. The number of nitrogens with one attached hydrogen (secondary N) is 1. The first-order chi connectivity index (χ1) is 12.8. The van der Waals surface area contributed by atoms with E-state index in [1.54, 1.807) is 12.4 Å². The largest absolute Gasteiger partial charge is 0.356 e. The summed E-state index contributed by atoms with van der Waals surface area (Å²) in [6, 6.07) is 12.7. The van der Waals surface area contributed by atoms with E-state index in [0.717, 1.165) is 44.6 Å². The minimum atomic E-state index is 0.703. The van der Waals surface area contributed by atoms with E-state index in [-0.39, 0.29) is 0 Å². The molecule has 0 amide bonds. The molecule has 6 heteroatoms. The summed E-state index contributed by atoms with van der Waals surface area (Å²) in [6.07, 6.45) is 4.87. The second-order valence-corrected chi connectivity index (χ2v) is 6.96. The Kier molecular flexibility index (Phi) is 5.00. The summed E-state index contributed by atoms with van der Waals surface area (Å²) in [4.78, 5) is 17.7. The van der Waals surface area contributed by atoms with Gasteiger partial charge in [0, 0.05) is 52.2 Å². The molecule has 0 radical (unpaired) electrons. The topological polar surface area (TPSA) is 56.7 Å². The van der Waals surface area contributed by atoms with Crippen molar-refractivity contribution in [2.24, 2.45) is 10.9 Å². The molecule has 2 aliphatic rings. The van der Waals surface area contributed by atoms with Gasteiger partial charge in [0.05, 0.1) is 0 Å². The van der Waals surface area contributed by atoms with Crippen molar-refractivity contribution >= 4 is 11.9 Å². The van der Waals surface area contributed by atoms with E-state index in [9.17, 15) is 0 Å². The molecule has 1 aliphatic carbocycles. The molecule has 2 unspecified atom stereocenters. The third-order valence-corrected chi connectivity index (χ3v) is 5.30. The quantitative estimate of drug-likeness (QED) is 0.675. The Balaban J connectivity index is 1.26. The number of anilines is 1. The first kappa shape index (κ1) is 16.8. The van der Waals surface area contributed by atoms with Gasteiger partial charge < -0.3 is 15.1 Å². The van der Waals surface area contributed by atoms with Crippen LogP contribution in [0.3, 0.4) is 0 Å². The van der Waals surface area contributed by atoms with Gasteiger partial charge in [-0.15, -0.1) is 0 Å². The maximum Gasteiger partial charge on any atom is 0.225 e. The molecule has 26 heavy (non-hydrogen) atoms. The van der Waals surface area contributed by atoms with Crippen LogP contribution in [0.25, 0.3) is 0 Å². The van der Waals surface area contributed by atoms with Gasteiger partial charge in [-0.2, -0.15) is 0 Å². The molecule has 6 nitrogen and oxygen atoms in total. The highest BCUT2D eigenvalue weighted by Crippen LogP contribution is 2.46. The Morgan fingerprint density at radius 3 is 2.50 bits per heavy atom. The zero-order valence-corrected chi connectivity index (χ0v) is 15.3. The number of piperazine rings is 1. The van der Waals surface area contributed by atoms with Crippen molar-refractivity contribution in [3.8, 4) is 0 Å². The highest BCUT2D eigenvalue weighted by molar-refractivity contribution is 5.80. The van der Waals surface area contributed by atoms with E-state index in [0.29, 0.717) is 11.8 Å².